The Bertz CT molecular complexity index is 1960. The first kappa shape index (κ1) is 26.8. The van der Waals surface area contributed by atoms with Gasteiger partial charge in [0.15, 0.2) is 0 Å². The lowest BCUT2D eigenvalue weighted by Gasteiger charge is -2.17. The van der Waals surface area contributed by atoms with Crippen LogP contribution in [-0.2, 0) is 6.54 Å². The standard InChI is InChI=1S/C34H25F2N3O3/c1-20(22-8-10-24(11-9-22)34(41)42)38-33(40)31-16-26(27-14-29(35)17-30(36)15-27)13-28-18-37-39(32(28)31)19-21-6-7-23-4-2-3-5-25(23)12-21/h2-18,20H,19H2,1H3,(H,38,40)(H,41,42)/t20-/m0/s1. The van der Waals surface area contributed by atoms with E-state index in [-0.39, 0.29) is 5.56 Å². The molecule has 6 nitrogen and oxygen atoms in total. The first-order valence-electron chi connectivity index (χ1n) is 13.3. The highest BCUT2D eigenvalue weighted by Crippen LogP contribution is 2.30. The number of amides is 1. The molecule has 6 rings (SSSR count). The molecule has 8 heteroatoms. The lowest BCUT2D eigenvalue weighted by molar-refractivity contribution is 0.0696. The van der Waals surface area contributed by atoms with E-state index in [4.69, 9.17) is 0 Å². The molecule has 0 saturated heterocycles. The van der Waals surface area contributed by atoms with E-state index in [0.717, 1.165) is 28.0 Å². The second kappa shape index (κ2) is 10.9. The molecule has 0 spiro atoms. The summed E-state index contributed by atoms with van der Waals surface area (Å²) in [6.07, 6.45) is 1.64. The van der Waals surface area contributed by atoms with Crippen LogP contribution in [-0.4, -0.2) is 26.8 Å². The molecule has 0 aliphatic carbocycles. The van der Waals surface area contributed by atoms with Gasteiger partial charge in [-0.2, -0.15) is 5.10 Å². The Morgan fingerprint density at radius 3 is 2.24 bits per heavy atom. The summed E-state index contributed by atoms with van der Waals surface area (Å²) in [5, 5.41) is 19.6. The largest absolute Gasteiger partial charge is 0.478 e. The van der Waals surface area contributed by atoms with E-state index in [0.29, 0.717) is 34.1 Å². The molecule has 1 atom stereocenters. The fraction of sp³-hybridized carbons (Fsp3) is 0.0882. The van der Waals surface area contributed by atoms with Crippen LogP contribution in [0.4, 0.5) is 8.78 Å². The third kappa shape index (κ3) is 5.34. The minimum Gasteiger partial charge on any atom is -0.478 e. The van der Waals surface area contributed by atoms with Crippen molar-refractivity contribution in [3.8, 4) is 11.1 Å². The van der Waals surface area contributed by atoms with Gasteiger partial charge in [-0.05, 0) is 82.4 Å². The van der Waals surface area contributed by atoms with Crippen molar-refractivity contribution in [2.45, 2.75) is 19.5 Å². The third-order valence-corrected chi connectivity index (χ3v) is 7.33. The zero-order chi connectivity index (χ0) is 29.4. The van der Waals surface area contributed by atoms with Crippen molar-refractivity contribution in [2.24, 2.45) is 0 Å². The Morgan fingerprint density at radius 2 is 1.52 bits per heavy atom. The molecule has 6 aromatic rings. The zero-order valence-electron chi connectivity index (χ0n) is 22.5. The van der Waals surface area contributed by atoms with E-state index in [1.165, 1.54) is 24.3 Å². The monoisotopic (exact) mass is 561 g/mol. The number of fused-ring (bicyclic) bond motifs is 2. The van der Waals surface area contributed by atoms with E-state index >= 15 is 0 Å². The highest BCUT2D eigenvalue weighted by atomic mass is 19.1. The predicted molar refractivity (Wildman–Crippen MR) is 157 cm³/mol. The van der Waals surface area contributed by atoms with E-state index in [9.17, 15) is 23.5 Å². The number of hydrogen-bond acceptors (Lipinski definition) is 3. The molecule has 0 radical (unpaired) electrons. The molecule has 0 unspecified atom stereocenters. The maximum Gasteiger partial charge on any atom is 0.335 e. The predicted octanol–water partition coefficient (Wildman–Crippen LogP) is 7.37. The number of benzene rings is 5. The van der Waals surface area contributed by atoms with E-state index in [1.807, 2.05) is 36.4 Å². The van der Waals surface area contributed by atoms with Gasteiger partial charge in [0, 0.05) is 11.5 Å². The van der Waals surface area contributed by atoms with Crippen LogP contribution in [0.1, 0.15) is 44.8 Å². The number of halogens is 2. The second-order valence-electron chi connectivity index (χ2n) is 10.2. The van der Waals surface area contributed by atoms with Crippen LogP contribution in [0.3, 0.4) is 0 Å². The minimum absolute atomic E-state index is 0.145. The molecule has 0 bridgehead atoms. The van der Waals surface area contributed by atoms with Crippen molar-refractivity contribution in [3.05, 3.63) is 137 Å². The fourth-order valence-corrected chi connectivity index (χ4v) is 5.20. The van der Waals surface area contributed by atoms with Crippen LogP contribution in [0.5, 0.6) is 0 Å². The molecule has 1 amide bonds. The number of carboxylic acid groups (broad SMARTS) is 1. The van der Waals surface area contributed by atoms with Crippen LogP contribution < -0.4 is 5.32 Å². The first-order chi connectivity index (χ1) is 20.2. The number of aromatic nitrogens is 2. The number of carboxylic acids is 1. The van der Waals surface area contributed by atoms with E-state index in [1.54, 1.807) is 42.1 Å². The number of hydrogen-bond donors (Lipinski definition) is 2. The number of carbonyl (C=O) groups is 2. The molecular formula is C34H25F2N3O3. The highest BCUT2D eigenvalue weighted by Gasteiger charge is 2.20. The SMILES string of the molecule is C[C@H](NC(=O)c1cc(-c2cc(F)cc(F)c2)cc2cnn(Cc3ccc4ccccc4c3)c12)c1ccc(C(=O)O)cc1. The fourth-order valence-electron chi connectivity index (χ4n) is 5.20. The summed E-state index contributed by atoms with van der Waals surface area (Å²) in [5.74, 6) is -2.89. The van der Waals surface area contributed by atoms with Crippen molar-refractivity contribution in [3.63, 3.8) is 0 Å². The van der Waals surface area contributed by atoms with Crippen molar-refractivity contribution in [1.29, 1.82) is 0 Å². The van der Waals surface area contributed by atoms with Gasteiger partial charge in [0.25, 0.3) is 5.91 Å². The molecule has 0 fully saturated rings. The number of nitrogens with zero attached hydrogens (tertiary/aromatic N) is 2. The van der Waals surface area contributed by atoms with Crippen LogP contribution in [0.2, 0.25) is 0 Å². The number of carbonyl (C=O) groups excluding carboxylic acids is 1. The number of rotatable bonds is 7. The Morgan fingerprint density at radius 1 is 0.833 bits per heavy atom. The Labute approximate surface area is 239 Å². The first-order valence-corrected chi connectivity index (χ1v) is 13.3. The Balaban J connectivity index is 1.41. The number of nitrogens with one attached hydrogen (secondary N) is 1. The van der Waals surface area contributed by atoms with Crippen LogP contribution in [0, 0.1) is 11.6 Å². The van der Waals surface area contributed by atoms with E-state index < -0.39 is 29.6 Å². The average molecular weight is 562 g/mol. The van der Waals surface area contributed by atoms with Crippen molar-refractivity contribution >= 4 is 33.6 Å². The second-order valence-corrected chi connectivity index (χ2v) is 10.2. The highest BCUT2D eigenvalue weighted by molar-refractivity contribution is 6.07. The minimum atomic E-state index is -1.04. The summed E-state index contributed by atoms with van der Waals surface area (Å²) >= 11 is 0. The maximum absolute atomic E-state index is 14.1. The lowest BCUT2D eigenvalue weighted by atomic mass is 9.99. The molecule has 2 N–H and O–H groups in total. The summed E-state index contributed by atoms with van der Waals surface area (Å²) in [5.41, 5.74) is 3.49. The van der Waals surface area contributed by atoms with Crippen molar-refractivity contribution in [2.75, 3.05) is 0 Å². The van der Waals surface area contributed by atoms with Gasteiger partial charge in [-0.25, -0.2) is 13.6 Å². The normalized spacial score (nSPS) is 12.0. The van der Waals surface area contributed by atoms with Crippen LogP contribution in [0.25, 0.3) is 32.8 Å². The summed E-state index contributed by atoms with van der Waals surface area (Å²) in [4.78, 5) is 25.1. The Kier molecular flexibility index (Phi) is 6.96. The topological polar surface area (TPSA) is 84.2 Å². The number of aromatic carboxylic acids is 1. The molecule has 208 valence electrons. The van der Waals surface area contributed by atoms with Crippen molar-refractivity contribution < 1.29 is 23.5 Å². The van der Waals surface area contributed by atoms with Crippen LogP contribution in [0.15, 0.2) is 103 Å². The summed E-state index contributed by atoms with van der Waals surface area (Å²) < 4.78 is 30.0. The smallest absolute Gasteiger partial charge is 0.335 e. The Hall–Kier alpha value is -5.37. The lowest BCUT2D eigenvalue weighted by Crippen LogP contribution is -2.27. The molecule has 5 aromatic carbocycles. The molecular weight excluding hydrogens is 536 g/mol. The van der Waals surface area contributed by atoms with Gasteiger partial charge in [-0.1, -0.05) is 48.5 Å². The van der Waals surface area contributed by atoms with Gasteiger partial charge >= 0.3 is 5.97 Å². The molecule has 1 aromatic heterocycles. The summed E-state index contributed by atoms with van der Waals surface area (Å²) in [6, 6.07) is 26.6. The quantitative estimate of drug-likeness (QED) is 0.213. The average Bonchev–Trinajstić information content (AvgIpc) is 3.38. The van der Waals surface area contributed by atoms with Crippen LogP contribution >= 0.6 is 0 Å². The summed E-state index contributed by atoms with van der Waals surface area (Å²) in [7, 11) is 0. The van der Waals surface area contributed by atoms with E-state index in [2.05, 4.69) is 16.5 Å². The molecule has 42 heavy (non-hydrogen) atoms. The summed E-state index contributed by atoms with van der Waals surface area (Å²) in [6.45, 7) is 2.19. The van der Waals surface area contributed by atoms with Gasteiger partial charge in [0.2, 0.25) is 0 Å². The van der Waals surface area contributed by atoms with Gasteiger partial charge < -0.3 is 10.4 Å². The van der Waals surface area contributed by atoms with Gasteiger partial charge in [-0.3, -0.25) is 9.48 Å². The van der Waals surface area contributed by atoms with Gasteiger partial charge in [0.1, 0.15) is 11.6 Å². The molecule has 0 aliphatic rings. The van der Waals surface area contributed by atoms with Crippen molar-refractivity contribution in [1.82, 2.24) is 15.1 Å². The third-order valence-electron chi connectivity index (χ3n) is 7.33. The van der Waals surface area contributed by atoms with Gasteiger partial charge in [0.05, 0.1) is 35.4 Å². The zero-order valence-corrected chi connectivity index (χ0v) is 22.5. The van der Waals surface area contributed by atoms with Gasteiger partial charge in [-0.15, -0.1) is 0 Å². The maximum atomic E-state index is 14.1. The molecule has 0 aliphatic heterocycles. The molecule has 0 saturated carbocycles. The molecule has 1 heterocycles.